The van der Waals surface area contributed by atoms with Gasteiger partial charge >= 0.3 is 0 Å². The number of fused-ring (bicyclic) bond motifs is 2. The van der Waals surface area contributed by atoms with E-state index in [1.54, 1.807) is 11.3 Å². The van der Waals surface area contributed by atoms with Gasteiger partial charge in [0.2, 0.25) is 0 Å². The van der Waals surface area contributed by atoms with Gasteiger partial charge in [0, 0.05) is 27.2 Å². The molecule has 3 heterocycles. The highest BCUT2D eigenvalue weighted by molar-refractivity contribution is 7.17. The molecule has 0 saturated heterocycles. The molecule has 0 fully saturated rings. The molecule has 2 N–H and O–H groups in total. The van der Waals surface area contributed by atoms with Gasteiger partial charge in [-0.3, -0.25) is 4.40 Å². The number of benzene rings is 1. The number of aryl methyl sites for hydroxylation is 1. The van der Waals surface area contributed by atoms with Crippen molar-refractivity contribution in [3.8, 4) is 11.3 Å². The first kappa shape index (κ1) is 11.5. The molecule has 1 aromatic carbocycles. The van der Waals surface area contributed by atoms with E-state index in [9.17, 15) is 0 Å². The lowest BCUT2D eigenvalue weighted by Gasteiger charge is -1.98. The van der Waals surface area contributed by atoms with Gasteiger partial charge < -0.3 is 5.73 Å². The fourth-order valence-electron chi connectivity index (χ4n) is 2.58. The minimum Gasteiger partial charge on any atom is -0.383 e. The number of imidazole rings is 1. The molecule has 20 heavy (non-hydrogen) atoms. The molecule has 0 amide bonds. The fraction of sp³-hybridized carbons (Fsp3) is 0.0625. The van der Waals surface area contributed by atoms with E-state index in [0.717, 1.165) is 22.5 Å². The zero-order valence-corrected chi connectivity index (χ0v) is 11.8. The summed E-state index contributed by atoms with van der Waals surface area (Å²) in [6.45, 7) is 2.05. The van der Waals surface area contributed by atoms with E-state index in [4.69, 9.17) is 10.7 Å². The molecule has 0 aliphatic rings. The van der Waals surface area contributed by atoms with Crippen molar-refractivity contribution in [2.75, 3.05) is 5.73 Å². The van der Waals surface area contributed by atoms with Gasteiger partial charge in [-0.05, 0) is 24.6 Å². The van der Waals surface area contributed by atoms with Crippen molar-refractivity contribution >= 4 is 32.9 Å². The van der Waals surface area contributed by atoms with Crippen LogP contribution in [-0.4, -0.2) is 9.38 Å². The van der Waals surface area contributed by atoms with E-state index in [2.05, 4.69) is 42.6 Å². The lowest BCUT2D eigenvalue weighted by Crippen LogP contribution is -1.94. The van der Waals surface area contributed by atoms with E-state index in [-0.39, 0.29) is 0 Å². The zero-order valence-electron chi connectivity index (χ0n) is 11.0. The molecule has 98 valence electrons. The molecule has 0 bridgehead atoms. The number of anilines is 1. The Hall–Kier alpha value is -2.33. The van der Waals surface area contributed by atoms with Crippen LogP contribution in [0, 0.1) is 6.92 Å². The number of hydrogen-bond donors (Lipinski definition) is 1. The van der Waals surface area contributed by atoms with Crippen LogP contribution in [0.4, 0.5) is 5.82 Å². The Morgan fingerprint density at radius 1 is 1.15 bits per heavy atom. The highest BCUT2D eigenvalue weighted by Crippen LogP contribution is 2.36. The third kappa shape index (κ3) is 1.48. The second kappa shape index (κ2) is 4.08. The summed E-state index contributed by atoms with van der Waals surface area (Å²) in [7, 11) is 0. The van der Waals surface area contributed by atoms with Crippen LogP contribution in [0.2, 0.25) is 0 Å². The maximum Gasteiger partial charge on any atom is 0.142 e. The molecule has 3 aromatic heterocycles. The summed E-state index contributed by atoms with van der Waals surface area (Å²) in [5.74, 6) is 0.701. The standard InChI is InChI=1S/C16H13N3S/c1-10-5-4-8-19-15(17)14(18-16(10)19)12-9-20-13-7-3-2-6-11(12)13/h2-9H,17H2,1H3. The molecule has 0 unspecified atom stereocenters. The third-order valence-electron chi connectivity index (χ3n) is 3.62. The van der Waals surface area contributed by atoms with Gasteiger partial charge in [0.1, 0.15) is 17.2 Å². The average Bonchev–Trinajstić information content (AvgIpc) is 3.02. The van der Waals surface area contributed by atoms with Crippen LogP contribution >= 0.6 is 11.3 Å². The lowest BCUT2D eigenvalue weighted by molar-refractivity contribution is 1.17. The van der Waals surface area contributed by atoms with Gasteiger partial charge in [-0.2, -0.15) is 0 Å². The summed E-state index contributed by atoms with van der Waals surface area (Å²) in [5, 5.41) is 3.35. The third-order valence-corrected chi connectivity index (χ3v) is 4.58. The van der Waals surface area contributed by atoms with Crippen molar-refractivity contribution in [1.82, 2.24) is 9.38 Å². The number of nitrogen functional groups attached to an aromatic ring is 1. The van der Waals surface area contributed by atoms with Crippen LogP contribution in [-0.2, 0) is 0 Å². The molecular formula is C16H13N3S. The maximum absolute atomic E-state index is 6.30. The topological polar surface area (TPSA) is 43.3 Å². The normalized spacial score (nSPS) is 11.4. The maximum atomic E-state index is 6.30. The summed E-state index contributed by atoms with van der Waals surface area (Å²) in [6.07, 6.45) is 1.96. The van der Waals surface area contributed by atoms with Gasteiger partial charge in [-0.1, -0.05) is 24.3 Å². The minimum atomic E-state index is 0.701. The largest absolute Gasteiger partial charge is 0.383 e. The molecule has 4 rings (SSSR count). The summed E-state index contributed by atoms with van der Waals surface area (Å²) in [5.41, 5.74) is 10.3. The second-order valence-electron chi connectivity index (χ2n) is 4.88. The van der Waals surface area contributed by atoms with Crippen LogP contribution in [0.1, 0.15) is 5.56 Å². The number of nitrogens with two attached hydrogens (primary N) is 1. The van der Waals surface area contributed by atoms with Crippen LogP contribution < -0.4 is 5.73 Å². The molecule has 4 aromatic rings. The van der Waals surface area contributed by atoms with Crippen molar-refractivity contribution in [2.24, 2.45) is 0 Å². The molecule has 0 saturated carbocycles. The molecule has 0 spiro atoms. The monoisotopic (exact) mass is 279 g/mol. The van der Waals surface area contributed by atoms with Crippen molar-refractivity contribution in [3.05, 3.63) is 53.5 Å². The van der Waals surface area contributed by atoms with Gasteiger partial charge in [0.25, 0.3) is 0 Å². The minimum absolute atomic E-state index is 0.701. The number of rotatable bonds is 1. The van der Waals surface area contributed by atoms with E-state index in [1.165, 1.54) is 10.1 Å². The number of hydrogen-bond acceptors (Lipinski definition) is 3. The highest BCUT2D eigenvalue weighted by atomic mass is 32.1. The number of nitrogens with zero attached hydrogens (tertiary/aromatic N) is 2. The van der Waals surface area contributed by atoms with Crippen LogP contribution in [0.5, 0.6) is 0 Å². The summed E-state index contributed by atoms with van der Waals surface area (Å²) in [4.78, 5) is 4.75. The van der Waals surface area contributed by atoms with Gasteiger partial charge in [-0.25, -0.2) is 4.98 Å². The smallest absolute Gasteiger partial charge is 0.142 e. The van der Waals surface area contributed by atoms with Crippen molar-refractivity contribution in [2.45, 2.75) is 6.92 Å². The molecule has 0 aliphatic heterocycles. The first-order valence-corrected chi connectivity index (χ1v) is 7.33. The SMILES string of the molecule is Cc1cccn2c(N)c(-c3csc4ccccc34)nc12. The Morgan fingerprint density at radius 2 is 2.00 bits per heavy atom. The number of pyridine rings is 1. The molecular weight excluding hydrogens is 266 g/mol. The predicted octanol–water partition coefficient (Wildman–Crippen LogP) is 4.11. The van der Waals surface area contributed by atoms with Crippen LogP contribution in [0.15, 0.2) is 48.0 Å². The van der Waals surface area contributed by atoms with Crippen molar-refractivity contribution in [3.63, 3.8) is 0 Å². The van der Waals surface area contributed by atoms with Crippen molar-refractivity contribution < 1.29 is 0 Å². The van der Waals surface area contributed by atoms with Gasteiger partial charge in [0.15, 0.2) is 0 Å². The Kier molecular flexibility index (Phi) is 2.35. The number of thiophene rings is 1. The summed E-state index contributed by atoms with van der Waals surface area (Å²) in [6, 6.07) is 12.4. The van der Waals surface area contributed by atoms with E-state index >= 15 is 0 Å². The van der Waals surface area contributed by atoms with Crippen LogP contribution in [0.25, 0.3) is 27.0 Å². The first-order valence-electron chi connectivity index (χ1n) is 6.45. The van der Waals surface area contributed by atoms with E-state index in [1.807, 2.05) is 16.7 Å². The Labute approximate surface area is 120 Å². The zero-order chi connectivity index (χ0) is 13.7. The summed E-state index contributed by atoms with van der Waals surface area (Å²) < 4.78 is 3.22. The Bertz CT molecular complexity index is 933. The molecule has 0 aliphatic carbocycles. The lowest BCUT2D eigenvalue weighted by atomic mass is 10.1. The van der Waals surface area contributed by atoms with Gasteiger partial charge in [-0.15, -0.1) is 11.3 Å². The second-order valence-corrected chi connectivity index (χ2v) is 5.79. The van der Waals surface area contributed by atoms with Gasteiger partial charge in [0.05, 0.1) is 0 Å². The highest BCUT2D eigenvalue weighted by Gasteiger charge is 2.15. The van der Waals surface area contributed by atoms with Crippen LogP contribution in [0.3, 0.4) is 0 Å². The van der Waals surface area contributed by atoms with Crippen molar-refractivity contribution in [1.29, 1.82) is 0 Å². The van der Waals surface area contributed by atoms with E-state index in [0.29, 0.717) is 5.82 Å². The molecule has 0 radical (unpaired) electrons. The van der Waals surface area contributed by atoms with E-state index < -0.39 is 0 Å². The Morgan fingerprint density at radius 3 is 2.85 bits per heavy atom. The average molecular weight is 279 g/mol. The summed E-state index contributed by atoms with van der Waals surface area (Å²) >= 11 is 1.73. The quantitative estimate of drug-likeness (QED) is 0.570. The molecule has 3 nitrogen and oxygen atoms in total. The molecule has 0 atom stereocenters. The predicted molar refractivity (Wildman–Crippen MR) is 85.2 cm³/mol. The number of aromatic nitrogens is 2. The molecule has 4 heteroatoms. The fourth-order valence-corrected chi connectivity index (χ4v) is 3.53. The first-order chi connectivity index (χ1) is 9.75. The Balaban J connectivity index is 2.08.